The first-order chi connectivity index (χ1) is 10.6. The molecular formula is C16H15Cl2N3O. The summed E-state index contributed by atoms with van der Waals surface area (Å²) in [7, 11) is 0. The Hall–Kier alpha value is -1.80. The first-order valence-corrected chi connectivity index (χ1v) is 7.48. The van der Waals surface area contributed by atoms with Gasteiger partial charge in [0.1, 0.15) is 10.4 Å². The molecule has 0 fully saturated rings. The first-order valence-electron chi connectivity index (χ1n) is 6.61. The Bertz CT molecular complexity index is 688. The number of hydrogen-bond acceptors (Lipinski definition) is 4. The SMILES string of the molecule is C=CCNC(C)(c1nnc(C#Cc2ccccc2)o1)C(Cl)Cl. The first kappa shape index (κ1) is 16.6. The number of rotatable bonds is 5. The molecule has 4 nitrogen and oxygen atoms in total. The van der Waals surface area contributed by atoms with E-state index in [9.17, 15) is 0 Å². The summed E-state index contributed by atoms with van der Waals surface area (Å²) in [4.78, 5) is -0.775. The number of aromatic nitrogens is 2. The Morgan fingerprint density at radius 1 is 1.32 bits per heavy atom. The van der Waals surface area contributed by atoms with Crippen LogP contribution in [0.15, 0.2) is 47.4 Å². The molecule has 1 aromatic heterocycles. The molecule has 0 saturated heterocycles. The van der Waals surface area contributed by atoms with Crippen molar-refractivity contribution in [2.24, 2.45) is 0 Å². The van der Waals surface area contributed by atoms with Crippen molar-refractivity contribution in [3.63, 3.8) is 0 Å². The Labute approximate surface area is 139 Å². The topological polar surface area (TPSA) is 51.0 Å². The van der Waals surface area contributed by atoms with Crippen molar-refractivity contribution in [1.29, 1.82) is 0 Å². The van der Waals surface area contributed by atoms with E-state index in [1.54, 1.807) is 13.0 Å². The van der Waals surface area contributed by atoms with Gasteiger partial charge in [-0.1, -0.05) is 35.3 Å². The van der Waals surface area contributed by atoms with Crippen LogP contribution in [0.3, 0.4) is 0 Å². The number of hydrogen-bond donors (Lipinski definition) is 1. The number of alkyl halides is 2. The Morgan fingerprint density at radius 3 is 2.68 bits per heavy atom. The van der Waals surface area contributed by atoms with Gasteiger partial charge in [0.2, 0.25) is 5.89 Å². The van der Waals surface area contributed by atoms with E-state index in [-0.39, 0.29) is 11.8 Å². The molecule has 1 N–H and O–H groups in total. The molecule has 2 rings (SSSR count). The molecule has 22 heavy (non-hydrogen) atoms. The fourth-order valence-electron chi connectivity index (χ4n) is 1.66. The van der Waals surface area contributed by atoms with Gasteiger partial charge >= 0.3 is 0 Å². The third-order valence-electron chi connectivity index (χ3n) is 3.01. The third-order valence-corrected chi connectivity index (χ3v) is 3.88. The van der Waals surface area contributed by atoms with Crippen LogP contribution in [0.5, 0.6) is 0 Å². The second kappa shape index (κ2) is 7.46. The molecule has 0 bridgehead atoms. The third kappa shape index (κ3) is 3.89. The van der Waals surface area contributed by atoms with Gasteiger partial charge < -0.3 is 4.42 Å². The largest absolute Gasteiger partial charge is 0.412 e. The average Bonchev–Trinajstić information content (AvgIpc) is 3.01. The molecule has 0 aliphatic carbocycles. The fraction of sp³-hybridized carbons (Fsp3) is 0.250. The van der Waals surface area contributed by atoms with Crippen LogP contribution < -0.4 is 5.32 Å². The van der Waals surface area contributed by atoms with E-state index in [2.05, 4.69) is 33.9 Å². The Balaban J connectivity index is 2.23. The molecule has 0 amide bonds. The average molecular weight is 336 g/mol. The summed E-state index contributed by atoms with van der Waals surface area (Å²) in [5.41, 5.74) is -0.0147. The van der Waals surface area contributed by atoms with Crippen molar-refractivity contribution in [1.82, 2.24) is 15.5 Å². The summed E-state index contributed by atoms with van der Waals surface area (Å²) < 4.78 is 5.57. The van der Waals surface area contributed by atoms with Crippen molar-refractivity contribution in [3.05, 3.63) is 60.3 Å². The molecule has 1 heterocycles. The molecule has 0 saturated carbocycles. The molecule has 1 unspecified atom stereocenters. The predicted molar refractivity (Wildman–Crippen MR) is 87.8 cm³/mol. The highest BCUT2D eigenvalue weighted by molar-refractivity contribution is 6.45. The normalized spacial score (nSPS) is 13.3. The molecule has 1 aromatic carbocycles. The smallest absolute Gasteiger partial charge is 0.294 e. The summed E-state index contributed by atoms with van der Waals surface area (Å²) in [6, 6.07) is 9.53. The van der Waals surface area contributed by atoms with Crippen LogP contribution in [0.1, 0.15) is 24.3 Å². The molecule has 0 radical (unpaired) electrons. The zero-order chi connectivity index (χ0) is 16.0. The molecule has 114 valence electrons. The highest BCUT2D eigenvalue weighted by Gasteiger charge is 2.38. The fourth-order valence-corrected chi connectivity index (χ4v) is 2.00. The van der Waals surface area contributed by atoms with E-state index in [4.69, 9.17) is 27.6 Å². The highest BCUT2D eigenvalue weighted by atomic mass is 35.5. The van der Waals surface area contributed by atoms with Crippen LogP contribution >= 0.6 is 23.2 Å². The van der Waals surface area contributed by atoms with E-state index < -0.39 is 10.4 Å². The summed E-state index contributed by atoms with van der Waals surface area (Å²) in [6.45, 7) is 5.93. The molecule has 0 spiro atoms. The van der Waals surface area contributed by atoms with E-state index in [1.165, 1.54) is 0 Å². The monoisotopic (exact) mass is 335 g/mol. The lowest BCUT2D eigenvalue weighted by molar-refractivity contribution is 0.307. The standard InChI is InChI=1S/C16H15Cl2N3O/c1-3-11-19-16(2,14(17)18)15-21-20-13(22-15)10-9-12-7-5-4-6-8-12/h3-8,14,19H,1,11H2,2H3. The van der Waals surface area contributed by atoms with Crippen LogP contribution in [-0.4, -0.2) is 21.6 Å². The molecule has 1 atom stereocenters. The lowest BCUT2D eigenvalue weighted by Gasteiger charge is -2.27. The van der Waals surface area contributed by atoms with Gasteiger partial charge in [-0.25, -0.2) is 0 Å². The minimum atomic E-state index is -0.878. The molecular weight excluding hydrogens is 321 g/mol. The molecule has 2 aromatic rings. The maximum Gasteiger partial charge on any atom is 0.294 e. The highest BCUT2D eigenvalue weighted by Crippen LogP contribution is 2.30. The van der Waals surface area contributed by atoms with E-state index >= 15 is 0 Å². The zero-order valence-corrected chi connectivity index (χ0v) is 13.5. The van der Waals surface area contributed by atoms with Crippen LogP contribution in [-0.2, 0) is 5.54 Å². The summed E-state index contributed by atoms with van der Waals surface area (Å²) in [5, 5.41) is 11.0. The Kier molecular flexibility index (Phi) is 5.62. The van der Waals surface area contributed by atoms with E-state index in [0.717, 1.165) is 5.56 Å². The quantitative estimate of drug-likeness (QED) is 0.517. The van der Waals surface area contributed by atoms with Crippen LogP contribution in [0, 0.1) is 11.8 Å². The van der Waals surface area contributed by atoms with E-state index in [0.29, 0.717) is 6.54 Å². The van der Waals surface area contributed by atoms with Gasteiger partial charge in [-0.15, -0.1) is 34.9 Å². The van der Waals surface area contributed by atoms with Crippen LogP contribution in [0.2, 0.25) is 0 Å². The van der Waals surface area contributed by atoms with Crippen molar-refractivity contribution in [2.45, 2.75) is 17.3 Å². The van der Waals surface area contributed by atoms with Gasteiger partial charge in [0.25, 0.3) is 5.89 Å². The van der Waals surface area contributed by atoms with Crippen molar-refractivity contribution < 1.29 is 4.42 Å². The van der Waals surface area contributed by atoms with Gasteiger partial charge in [-0.2, -0.15) is 0 Å². The summed E-state index contributed by atoms with van der Waals surface area (Å²) in [5.74, 6) is 6.26. The maximum absolute atomic E-state index is 6.04. The summed E-state index contributed by atoms with van der Waals surface area (Å²) in [6.07, 6.45) is 1.70. The number of nitrogens with zero attached hydrogens (tertiary/aromatic N) is 2. The molecule has 0 aliphatic heterocycles. The maximum atomic E-state index is 6.04. The van der Waals surface area contributed by atoms with Crippen LogP contribution in [0.4, 0.5) is 0 Å². The van der Waals surface area contributed by atoms with Gasteiger partial charge in [0.05, 0.1) is 0 Å². The van der Waals surface area contributed by atoms with Crippen LogP contribution in [0.25, 0.3) is 0 Å². The van der Waals surface area contributed by atoms with E-state index in [1.807, 2.05) is 30.3 Å². The summed E-state index contributed by atoms with van der Waals surface area (Å²) >= 11 is 12.1. The van der Waals surface area contributed by atoms with Gasteiger partial charge in [-0.3, -0.25) is 5.32 Å². The van der Waals surface area contributed by atoms with Gasteiger partial charge in [0, 0.05) is 12.1 Å². The van der Waals surface area contributed by atoms with Crippen molar-refractivity contribution in [2.75, 3.05) is 6.54 Å². The predicted octanol–water partition coefficient (Wildman–Crippen LogP) is 3.26. The number of benzene rings is 1. The molecule has 6 heteroatoms. The lowest BCUT2D eigenvalue weighted by atomic mass is 10.1. The lowest BCUT2D eigenvalue weighted by Crippen LogP contribution is -2.45. The second-order valence-electron chi connectivity index (χ2n) is 4.70. The zero-order valence-electron chi connectivity index (χ0n) is 12.0. The van der Waals surface area contributed by atoms with Gasteiger partial charge in [-0.05, 0) is 25.0 Å². The minimum absolute atomic E-state index is 0.208. The number of nitrogens with one attached hydrogen (secondary N) is 1. The van der Waals surface area contributed by atoms with Crippen molar-refractivity contribution >= 4 is 23.2 Å². The second-order valence-corrected chi connectivity index (χ2v) is 5.80. The minimum Gasteiger partial charge on any atom is -0.412 e. The van der Waals surface area contributed by atoms with Gasteiger partial charge in [0.15, 0.2) is 0 Å². The Morgan fingerprint density at radius 2 is 2.05 bits per heavy atom. The molecule has 0 aliphatic rings. The van der Waals surface area contributed by atoms with Crippen molar-refractivity contribution in [3.8, 4) is 11.8 Å². The number of halogens is 2.